The molecule has 1 fully saturated rings. The molecule has 2 atom stereocenters. The molecule has 0 unspecified atom stereocenters. The summed E-state index contributed by atoms with van der Waals surface area (Å²) < 4.78 is 75.1. The largest absolute Gasteiger partial charge is 0.490 e. The third kappa shape index (κ3) is 14.0. The van der Waals surface area contributed by atoms with Gasteiger partial charge < -0.3 is 25.0 Å². The minimum absolute atomic E-state index is 0.219. The number of amides is 2. The number of hydrogen-bond donors (Lipinski definition) is 5. The van der Waals surface area contributed by atoms with Crippen LogP contribution in [0.15, 0.2) is 54.6 Å². The molecule has 1 aliphatic rings. The Morgan fingerprint density at radius 1 is 0.875 bits per heavy atom. The lowest BCUT2D eigenvalue weighted by Crippen LogP contribution is -2.63. The summed E-state index contributed by atoms with van der Waals surface area (Å²) in [6.07, 6.45) is -9.83. The Bertz CT molecular complexity index is 1840. The third-order valence-corrected chi connectivity index (χ3v) is 7.99. The lowest BCUT2D eigenvalue weighted by Gasteiger charge is -2.45. The first-order chi connectivity index (χ1) is 25.7. The molecule has 20 heteroatoms. The summed E-state index contributed by atoms with van der Waals surface area (Å²) >= 11 is 0. The number of likely N-dealkylation sites (tertiary alicyclic amines) is 1. The summed E-state index contributed by atoms with van der Waals surface area (Å²) in [5.74, 6) is -6.94. The minimum Gasteiger partial charge on any atom is -0.489 e. The van der Waals surface area contributed by atoms with Crippen molar-refractivity contribution in [1.82, 2.24) is 20.7 Å². The number of carboxylic acids is 2. The van der Waals surface area contributed by atoms with Crippen LogP contribution in [0.25, 0.3) is 10.9 Å². The molecule has 2 amide bonds. The van der Waals surface area contributed by atoms with Crippen molar-refractivity contribution in [3.63, 3.8) is 0 Å². The number of alkyl halides is 6. The summed E-state index contributed by atoms with van der Waals surface area (Å²) in [5.41, 5.74) is 3.29. The standard InChI is InChI=1S/C32H40N4O6.2C2HF3O2/c1-20-17-22(24-9-7-8-10-26(24)33-20)19-41-23-13-11-21(12-14-23)28(37)34-27-18-36(16-15-25(27)29(38)35-40)32(5,6)30(39)42-31(2,3)4;2*3-2(4,5)1(6)7/h7-14,17,25,27,40H,15-16,18-19H2,1-6H3,(H,34,37)(H,35,38);2*(H,6,7)/t25-,27+;;/m0../s1. The molecule has 0 spiro atoms. The number of hydroxylamine groups is 1. The van der Waals surface area contributed by atoms with E-state index in [0.717, 1.165) is 22.2 Å². The van der Waals surface area contributed by atoms with E-state index in [1.807, 2.05) is 42.2 Å². The van der Waals surface area contributed by atoms with Crippen molar-refractivity contribution in [2.45, 2.75) is 84.1 Å². The topological polar surface area (TPSA) is 205 Å². The Morgan fingerprint density at radius 3 is 1.91 bits per heavy atom. The van der Waals surface area contributed by atoms with Crippen LogP contribution in [0.1, 0.15) is 62.7 Å². The Balaban J connectivity index is 0.000000657. The van der Waals surface area contributed by atoms with Crippen LogP contribution in [-0.2, 0) is 30.5 Å². The normalized spacial score (nSPS) is 16.2. The zero-order valence-corrected chi connectivity index (χ0v) is 31.0. The summed E-state index contributed by atoms with van der Waals surface area (Å²) in [4.78, 5) is 63.0. The zero-order chi connectivity index (χ0) is 42.8. The summed E-state index contributed by atoms with van der Waals surface area (Å²) in [6, 6.07) is 16.0. The van der Waals surface area contributed by atoms with E-state index < -0.39 is 59.3 Å². The fraction of sp³-hybridized carbons (Fsp3) is 0.444. The van der Waals surface area contributed by atoms with Crippen LogP contribution >= 0.6 is 0 Å². The lowest BCUT2D eigenvalue weighted by molar-refractivity contribution is -0.193. The summed E-state index contributed by atoms with van der Waals surface area (Å²) in [7, 11) is 0. The number of piperidine rings is 1. The van der Waals surface area contributed by atoms with Gasteiger partial charge in [0.2, 0.25) is 5.91 Å². The molecule has 0 aliphatic carbocycles. The Labute approximate surface area is 316 Å². The lowest BCUT2D eigenvalue weighted by atomic mass is 9.87. The van der Waals surface area contributed by atoms with E-state index in [0.29, 0.717) is 30.9 Å². The first-order valence-corrected chi connectivity index (χ1v) is 16.6. The van der Waals surface area contributed by atoms with Gasteiger partial charge in [-0.05, 0) is 84.4 Å². The third-order valence-electron chi connectivity index (χ3n) is 7.99. The van der Waals surface area contributed by atoms with Gasteiger partial charge in [0.15, 0.2) is 0 Å². The molecular weight excluding hydrogens is 762 g/mol. The van der Waals surface area contributed by atoms with E-state index in [1.54, 1.807) is 64.4 Å². The average molecular weight is 805 g/mol. The molecule has 3 aromatic rings. The van der Waals surface area contributed by atoms with Crippen molar-refractivity contribution in [2.24, 2.45) is 5.92 Å². The number of carboxylic acid groups (broad SMARTS) is 2. The number of nitrogens with one attached hydrogen (secondary N) is 2. The molecule has 14 nitrogen and oxygen atoms in total. The van der Waals surface area contributed by atoms with E-state index in [9.17, 15) is 45.9 Å². The van der Waals surface area contributed by atoms with Gasteiger partial charge >= 0.3 is 30.3 Å². The number of carbonyl (C=O) groups is 5. The van der Waals surface area contributed by atoms with E-state index in [2.05, 4.69) is 10.3 Å². The molecule has 0 bridgehead atoms. The van der Waals surface area contributed by atoms with Crippen LogP contribution < -0.4 is 15.5 Å². The molecule has 1 aromatic heterocycles. The van der Waals surface area contributed by atoms with Crippen molar-refractivity contribution in [3.05, 3.63) is 71.4 Å². The maximum absolute atomic E-state index is 13.3. The Kier molecular flexibility index (Phi) is 15.7. The number of aromatic nitrogens is 1. The molecule has 1 aliphatic heterocycles. The second-order valence-electron chi connectivity index (χ2n) is 13.8. The number of aliphatic carboxylic acids is 2. The molecule has 4 rings (SSSR count). The molecular formula is C36H42F6N4O10. The van der Waals surface area contributed by atoms with Gasteiger partial charge in [0.05, 0.1) is 17.5 Å². The minimum atomic E-state index is -5.08. The number of hydrogen-bond acceptors (Lipinski definition) is 10. The first-order valence-electron chi connectivity index (χ1n) is 16.6. The molecule has 1 saturated heterocycles. The number of carbonyl (C=O) groups excluding carboxylic acids is 3. The maximum Gasteiger partial charge on any atom is 0.490 e. The van der Waals surface area contributed by atoms with E-state index in [1.165, 1.54) is 0 Å². The quantitative estimate of drug-likeness (QED) is 0.0837. The van der Waals surface area contributed by atoms with Crippen LogP contribution in [0, 0.1) is 12.8 Å². The van der Waals surface area contributed by atoms with Crippen LogP contribution in [-0.4, -0.2) is 97.7 Å². The van der Waals surface area contributed by atoms with Gasteiger partial charge in [-0.1, -0.05) is 18.2 Å². The van der Waals surface area contributed by atoms with Crippen molar-refractivity contribution in [2.75, 3.05) is 13.1 Å². The molecule has 308 valence electrons. The highest BCUT2D eigenvalue weighted by atomic mass is 19.4. The number of fused-ring (bicyclic) bond motifs is 1. The number of esters is 1. The molecule has 0 saturated carbocycles. The Morgan fingerprint density at radius 2 is 1.41 bits per heavy atom. The van der Waals surface area contributed by atoms with Crippen LogP contribution in [0.3, 0.4) is 0 Å². The fourth-order valence-corrected chi connectivity index (χ4v) is 5.16. The van der Waals surface area contributed by atoms with Gasteiger partial charge in [0.1, 0.15) is 23.5 Å². The monoisotopic (exact) mass is 804 g/mol. The first kappa shape index (κ1) is 46.7. The van der Waals surface area contributed by atoms with E-state index >= 15 is 0 Å². The number of aryl methyl sites for hydroxylation is 1. The zero-order valence-electron chi connectivity index (χ0n) is 31.0. The Hall–Kier alpha value is -5.50. The van der Waals surface area contributed by atoms with Crippen molar-refractivity contribution in [1.29, 1.82) is 0 Å². The van der Waals surface area contributed by atoms with Crippen LogP contribution in [0.5, 0.6) is 5.75 Å². The van der Waals surface area contributed by atoms with Gasteiger partial charge in [-0.2, -0.15) is 26.3 Å². The number of pyridine rings is 1. The predicted molar refractivity (Wildman–Crippen MR) is 185 cm³/mol. The van der Waals surface area contributed by atoms with Gasteiger partial charge in [-0.3, -0.25) is 29.5 Å². The summed E-state index contributed by atoms with van der Waals surface area (Å²) in [5, 5.41) is 27.5. The maximum atomic E-state index is 13.3. The summed E-state index contributed by atoms with van der Waals surface area (Å²) in [6.45, 7) is 11.9. The van der Waals surface area contributed by atoms with Crippen molar-refractivity contribution < 1.29 is 75.2 Å². The number of ether oxygens (including phenoxy) is 2. The molecule has 0 radical (unpaired) electrons. The van der Waals surface area contributed by atoms with Gasteiger partial charge in [0.25, 0.3) is 5.91 Å². The van der Waals surface area contributed by atoms with Crippen molar-refractivity contribution in [3.8, 4) is 5.75 Å². The van der Waals surface area contributed by atoms with Gasteiger partial charge in [-0.15, -0.1) is 0 Å². The number of rotatable bonds is 8. The highest BCUT2D eigenvalue weighted by Crippen LogP contribution is 2.28. The molecule has 2 heterocycles. The van der Waals surface area contributed by atoms with E-state index in [4.69, 9.17) is 29.3 Å². The molecule has 2 aromatic carbocycles. The molecule has 56 heavy (non-hydrogen) atoms. The SMILES string of the molecule is Cc1cc(COc2ccc(C(=O)N[C@@H]3CN(C(C)(C)C(=O)OC(C)(C)C)CC[C@@H]3C(=O)NO)cc2)c2ccccc2n1.O=C(O)C(F)(F)F.O=C(O)C(F)(F)F. The second-order valence-corrected chi connectivity index (χ2v) is 13.8. The van der Waals surface area contributed by atoms with Crippen molar-refractivity contribution >= 4 is 40.6 Å². The average Bonchev–Trinajstić information content (AvgIpc) is 3.09. The molecule has 5 N–H and O–H groups in total. The number of halogens is 6. The van der Waals surface area contributed by atoms with Gasteiger partial charge in [-0.25, -0.2) is 15.1 Å². The van der Waals surface area contributed by atoms with Crippen LogP contribution in [0.4, 0.5) is 26.3 Å². The van der Waals surface area contributed by atoms with Gasteiger partial charge in [0, 0.05) is 35.3 Å². The smallest absolute Gasteiger partial charge is 0.489 e. The highest BCUT2D eigenvalue weighted by molar-refractivity contribution is 5.95. The highest BCUT2D eigenvalue weighted by Gasteiger charge is 2.45. The number of nitrogens with zero attached hydrogens (tertiary/aromatic N) is 2. The fourth-order valence-electron chi connectivity index (χ4n) is 5.16. The van der Waals surface area contributed by atoms with Crippen LogP contribution in [0.2, 0.25) is 0 Å². The number of para-hydroxylation sites is 1. The second kappa shape index (κ2) is 18.9. The number of benzene rings is 2. The predicted octanol–water partition coefficient (Wildman–Crippen LogP) is 5.43. The van der Waals surface area contributed by atoms with E-state index in [-0.39, 0.29) is 12.5 Å².